The third kappa shape index (κ3) is 3.78. The fourth-order valence-corrected chi connectivity index (χ4v) is 4.93. The zero-order chi connectivity index (χ0) is 24.0. The van der Waals surface area contributed by atoms with Crippen molar-refractivity contribution in [2.24, 2.45) is 0 Å². The van der Waals surface area contributed by atoms with Gasteiger partial charge in [0.05, 0.1) is 18.4 Å². The Morgan fingerprint density at radius 2 is 2.21 bits per heavy atom. The van der Waals surface area contributed by atoms with E-state index in [-0.39, 0.29) is 17.7 Å². The van der Waals surface area contributed by atoms with Crippen molar-refractivity contribution in [2.75, 3.05) is 11.9 Å². The number of carboxylic acids is 1. The SMILES string of the molecule is CC1N(CC(=O)O)C(=O)O[C@]12CCC[C@H](Nc1nc(-c3c[nH]c4ncc(F)cc34)ncc1F)C2. The maximum atomic E-state index is 14.6. The Morgan fingerprint density at radius 3 is 3.00 bits per heavy atom. The molecule has 4 heterocycles. The maximum Gasteiger partial charge on any atom is 0.411 e. The Bertz CT molecular complexity index is 1280. The minimum atomic E-state index is -1.12. The highest BCUT2D eigenvalue weighted by Gasteiger charge is 2.54. The van der Waals surface area contributed by atoms with Gasteiger partial charge in [-0.1, -0.05) is 0 Å². The highest BCUT2D eigenvalue weighted by Crippen LogP contribution is 2.42. The number of ether oxygens (including phenoxy) is 1. The van der Waals surface area contributed by atoms with Crippen LogP contribution in [0.5, 0.6) is 0 Å². The standard InChI is InChI=1S/C22H22F2N6O4/c1-11-22(34-21(33)30(11)10-17(31)32)4-2-3-13(6-22)28-20-16(24)9-27-19(29-20)15-8-26-18-14(15)5-12(23)7-25-18/h5,7-9,11,13H,2-4,6,10H2,1H3,(H,25,26)(H,31,32)(H,27,28,29)/t11?,13-,22-/m0/s1. The molecular weight excluding hydrogens is 450 g/mol. The first-order valence-electron chi connectivity index (χ1n) is 10.9. The molecule has 2 fully saturated rings. The summed E-state index contributed by atoms with van der Waals surface area (Å²) in [4.78, 5) is 40.0. The van der Waals surface area contributed by atoms with E-state index in [1.54, 1.807) is 13.1 Å². The van der Waals surface area contributed by atoms with Gasteiger partial charge in [-0.05, 0) is 32.3 Å². The molecule has 0 radical (unpaired) electrons. The van der Waals surface area contributed by atoms with E-state index in [9.17, 15) is 18.4 Å². The van der Waals surface area contributed by atoms with Gasteiger partial charge in [-0.2, -0.15) is 0 Å². The molecular formula is C22H22F2N6O4. The summed E-state index contributed by atoms with van der Waals surface area (Å²) in [6, 6.07) is 0.589. The van der Waals surface area contributed by atoms with Crippen LogP contribution in [0.1, 0.15) is 32.6 Å². The van der Waals surface area contributed by atoms with Gasteiger partial charge in [0.2, 0.25) is 0 Å². The van der Waals surface area contributed by atoms with Gasteiger partial charge >= 0.3 is 12.1 Å². The van der Waals surface area contributed by atoms with E-state index in [0.717, 1.165) is 12.4 Å². The molecule has 0 bridgehead atoms. The normalized spacial score (nSPS) is 24.6. The van der Waals surface area contributed by atoms with E-state index < -0.39 is 41.9 Å². The smallest absolute Gasteiger partial charge is 0.411 e. The second-order valence-electron chi connectivity index (χ2n) is 8.71. The zero-order valence-electron chi connectivity index (χ0n) is 18.2. The summed E-state index contributed by atoms with van der Waals surface area (Å²) >= 11 is 0. The predicted molar refractivity (Wildman–Crippen MR) is 116 cm³/mol. The number of hydrogen-bond acceptors (Lipinski definition) is 7. The number of carboxylic acid groups (broad SMARTS) is 1. The van der Waals surface area contributed by atoms with Gasteiger partial charge in [-0.15, -0.1) is 0 Å². The Kier molecular flexibility index (Phi) is 5.29. The average Bonchev–Trinajstić information content (AvgIpc) is 3.29. The van der Waals surface area contributed by atoms with Gasteiger partial charge in [-0.3, -0.25) is 9.69 Å². The van der Waals surface area contributed by atoms with Crippen molar-refractivity contribution < 1.29 is 28.2 Å². The number of pyridine rings is 1. The van der Waals surface area contributed by atoms with Crippen molar-refractivity contribution >= 4 is 28.9 Å². The van der Waals surface area contributed by atoms with Crippen LogP contribution in [0.15, 0.2) is 24.7 Å². The number of aromatic amines is 1. The van der Waals surface area contributed by atoms with Crippen LogP contribution < -0.4 is 5.32 Å². The minimum absolute atomic E-state index is 0.0230. The van der Waals surface area contributed by atoms with E-state index >= 15 is 0 Å². The lowest BCUT2D eigenvalue weighted by Gasteiger charge is -2.39. The van der Waals surface area contributed by atoms with Crippen molar-refractivity contribution in [1.29, 1.82) is 0 Å². The topological polar surface area (TPSA) is 133 Å². The van der Waals surface area contributed by atoms with E-state index in [4.69, 9.17) is 9.84 Å². The predicted octanol–water partition coefficient (Wildman–Crippen LogP) is 3.32. The molecule has 10 nitrogen and oxygen atoms in total. The largest absolute Gasteiger partial charge is 0.480 e. The summed E-state index contributed by atoms with van der Waals surface area (Å²) in [5.74, 6) is -2.12. The number of nitrogens with one attached hydrogen (secondary N) is 2. The van der Waals surface area contributed by atoms with Crippen LogP contribution in [0.2, 0.25) is 0 Å². The maximum absolute atomic E-state index is 14.6. The van der Waals surface area contributed by atoms with Crippen molar-refractivity contribution in [3.63, 3.8) is 0 Å². The summed E-state index contributed by atoms with van der Waals surface area (Å²) in [6.45, 7) is 1.33. The van der Waals surface area contributed by atoms with Gasteiger partial charge in [0.25, 0.3) is 0 Å². The lowest BCUT2D eigenvalue weighted by atomic mass is 9.77. The third-order valence-corrected chi connectivity index (χ3v) is 6.63. The molecule has 34 heavy (non-hydrogen) atoms. The Morgan fingerprint density at radius 1 is 1.38 bits per heavy atom. The molecule has 1 saturated carbocycles. The summed E-state index contributed by atoms with van der Waals surface area (Å²) in [5.41, 5.74) is 0.0679. The molecule has 3 aromatic heterocycles. The van der Waals surface area contributed by atoms with Gasteiger partial charge < -0.3 is 20.1 Å². The first kappa shape index (κ1) is 22.0. The molecule has 1 saturated heterocycles. The van der Waals surface area contributed by atoms with Gasteiger partial charge in [0.15, 0.2) is 17.5 Å². The summed E-state index contributed by atoms with van der Waals surface area (Å²) in [7, 11) is 0. The van der Waals surface area contributed by atoms with Crippen molar-refractivity contribution in [3.05, 3.63) is 36.3 Å². The van der Waals surface area contributed by atoms with Crippen LogP contribution in [0.4, 0.5) is 19.4 Å². The van der Waals surface area contributed by atoms with E-state index in [0.29, 0.717) is 42.3 Å². The number of anilines is 1. The molecule has 1 amide bonds. The Balaban J connectivity index is 1.39. The minimum Gasteiger partial charge on any atom is -0.480 e. The fourth-order valence-electron chi connectivity index (χ4n) is 4.93. The number of rotatable bonds is 5. The summed E-state index contributed by atoms with van der Waals surface area (Å²) in [5, 5.41) is 12.7. The number of H-pyrrole nitrogens is 1. The second-order valence-corrected chi connectivity index (χ2v) is 8.71. The van der Waals surface area contributed by atoms with Gasteiger partial charge in [-0.25, -0.2) is 28.5 Å². The molecule has 3 atom stereocenters. The molecule has 1 spiro atoms. The first-order chi connectivity index (χ1) is 16.3. The van der Waals surface area contributed by atoms with Crippen molar-refractivity contribution in [1.82, 2.24) is 24.8 Å². The Hall–Kier alpha value is -3.83. The second kappa shape index (κ2) is 8.19. The average molecular weight is 472 g/mol. The molecule has 1 unspecified atom stereocenters. The van der Waals surface area contributed by atoms with E-state index in [2.05, 4.69) is 25.3 Å². The number of halogens is 2. The molecule has 2 aliphatic rings. The number of hydrogen-bond donors (Lipinski definition) is 3. The highest BCUT2D eigenvalue weighted by molar-refractivity contribution is 5.91. The number of nitrogens with zero attached hydrogens (tertiary/aromatic N) is 4. The molecule has 1 aliphatic carbocycles. The van der Waals surface area contributed by atoms with Gasteiger partial charge in [0.1, 0.15) is 23.6 Å². The van der Waals surface area contributed by atoms with Crippen LogP contribution in [0.25, 0.3) is 22.4 Å². The number of amides is 1. The number of fused-ring (bicyclic) bond motifs is 1. The lowest BCUT2D eigenvalue weighted by molar-refractivity contribution is -0.138. The van der Waals surface area contributed by atoms with Crippen molar-refractivity contribution in [3.8, 4) is 11.4 Å². The molecule has 5 rings (SSSR count). The van der Waals surface area contributed by atoms with Gasteiger partial charge in [0, 0.05) is 29.6 Å². The van der Waals surface area contributed by atoms with Crippen LogP contribution in [-0.2, 0) is 9.53 Å². The zero-order valence-corrected chi connectivity index (χ0v) is 18.2. The molecule has 3 aromatic rings. The first-order valence-corrected chi connectivity index (χ1v) is 10.9. The lowest BCUT2D eigenvalue weighted by Crippen LogP contribution is -2.50. The number of aliphatic carboxylic acids is 1. The van der Waals surface area contributed by atoms with Crippen LogP contribution >= 0.6 is 0 Å². The van der Waals surface area contributed by atoms with Crippen molar-refractivity contribution in [2.45, 2.75) is 50.3 Å². The fraction of sp³-hybridized carbons (Fsp3) is 0.409. The number of carbonyl (C=O) groups excluding carboxylic acids is 1. The third-order valence-electron chi connectivity index (χ3n) is 6.63. The molecule has 1 aliphatic heterocycles. The van der Waals surface area contributed by atoms with Crippen LogP contribution in [0, 0.1) is 11.6 Å². The monoisotopic (exact) mass is 472 g/mol. The molecule has 12 heteroatoms. The number of carbonyl (C=O) groups is 2. The highest BCUT2D eigenvalue weighted by atomic mass is 19.1. The molecule has 178 valence electrons. The Labute approximate surface area is 192 Å². The molecule has 0 aromatic carbocycles. The summed E-state index contributed by atoms with van der Waals surface area (Å²) < 4.78 is 34.0. The number of aromatic nitrogens is 4. The quantitative estimate of drug-likeness (QED) is 0.515. The van der Waals surface area contributed by atoms with E-state index in [1.807, 2.05) is 0 Å². The summed E-state index contributed by atoms with van der Waals surface area (Å²) in [6.07, 6.45) is 5.40. The molecule has 3 N–H and O–H groups in total. The van der Waals surface area contributed by atoms with E-state index in [1.165, 1.54) is 11.0 Å². The van der Waals surface area contributed by atoms with Crippen LogP contribution in [0.3, 0.4) is 0 Å². The van der Waals surface area contributed by atoms with Crippen LogP contribution in [-0.4, -0.2) is 66.2 Å².